The molecule has 3 aromatic rings. The quantitative estimate of drug-likeness (QED) is 0.192. The Balaban J connectivity index is 1.27. The van der Waals surface area contributed by atoms with Crippen molar-refractivity contribution in [2.24, 2.45) is 0 Å². The minimum Gasteiger partial charge on any atom is -0.494 e. The smallest absolute Gasteiger partial charge is 0.288 e. The Morgan fingerprint density at radius 2 is 1.58 bits per heavy atom. The summed E-state index contributed by atoms with van der Waals surface area (Å²) in [6, 6.07) is 7.27. The Morgan fingerprint density at radius 1 is 0.972 bits per heavy atom. The molecule has 2 aromatic heterocycles. The summed E-state index contributed by atoms with van der Waals surface area (Å²) < 4.78 is 28.3. The highest BCUT2D eigenvalue weighted by Crippen LogP contribution is 2.20. The first-order valence-corrected chi connectivity index (χ1v) is 14.5. The normalized spacial score (nSPS) is 13.2. The molecule has 0 aliphatic rings. The summed E-state index contributed by atoms with van der Waals surface area (Å²) in [5.41, 5.74) is 2.95. The molecule has 9 heteroatoms. The topological polar surface area (TPSA) is 93.5 Å². The van der Waals surface area contributed by atoms with Crippen LogP contribution in [0.1, 0.15) is 101 Å². The van der Waals surface area contributed by atoms with Crippen LogP contribution in [-0.2, 0) is 11.3 Å². The lowest BCUT2D eigenvalue weighted by Crippen LogP contribution is -2.26. The van der Waals surface area contributed by atoms with E-state index in [9.17, 15) is 4.21 Å². The van der Waals surface area contributed by atoms with Crippen LogP contribution >= 0.6 is 0 Å². The van der Waals surface area contributed by atoms with Gasteiger partial charge >= 0.3 is 0 Å². The molecule has 0 amide bonds. The first kappa shape index (κ1) is 28.2. The van der Waals surface area contributed by atoms with Crippen LogP contribution in [0.2, 0.25) is 0 Å². The molecule has 2 unspecified atom stereocenters. The number of nitrogens with one attached hydrogen (secondary N) is 2. The number of benzene rings is 1. The summed E-state index contributed by atoms with van der Waals surface area (Å²) in [4.78, 5) is 4.59. The van der Waals surface area contributed by atoms with Crippen molar-refractivity contribution < 1.29 is 13.1 Å². The molecule has 0 radical (unpaired) electrons. The number of fused-ring (bicyclic) bond motifs is 1. The van der Waals surface area contributed by atoms with Crippen molar-refractivity contribution in [3.8, 4) is 11.5 Å². The van der Waals surface area contributed by atoms with E-state index in [1.54, 1.807) is 16.8 Å². The molecule has 0 fully saturated rings. The fourth-order valence-electron chi connectivity index (χ4n) is 4.04. The SMILES string of the molecule is CCCCCCCCCCCCOc1ccc(OS(=O)NCC(C)c2nc3c(C)c(C)[nH]n3n2)cc1. The molecule has 36 heavy (non-hydrogen) atoms. The lowest BCUT2D eigenvalue weighted by atomic mass is 10.1. The first-order valence-electron chi connectivity index (χ1n) is 13.5. The maximum atomic E-state index is 12.3. The van der Waals surface area contributed by atoms with Crippen molar-refractivity contribution >= 4 is 16.9 Å². The number of aryl methyl sites for hydroxylation is 2. The third-order valence-electron chi connectivity index (χ3n) is 6.51. The van der Waals surface area contributed by atoms with Gasteiger partial charge in [-0.25, -0.2) is 9.71 Å². The molecule has 8 nitrogen and oxygen atoms in total. The average Bonchev–Trinajstić information content (AvgIpc) is 3.40. The summed E-state index contributed by atoms with van der Waals surface area (Å²) in [6.07, 6.45) is 13.1. The van der Waals surface area contributed by atoms with Crippen molar-refractivity contribution in [3.63, 3.8) is 0 Å². The maximum absolute atomic E-state index is 12.3. The van der Waals surface area contributed by atoms with E-state index in [0.29, 0.717) is 18.1 Å². The predicted octanol–water partition coefficient (Wildman–Crippen LogP) is 6.32. The molecule has 0 aliphatic heterocycles. The van der Waals surface area contributed by atoms with Gasteiger partial charge in [0.1, 0.15) is 11.5 Å². The van der Waals surface area contributed by atoms with Gasteiger partial charge in [-0.2, -0.15) is 8.84 Å². The molecule has 3 rings (SSSR count). The Hall–Kier alpha value is -2.39. The van der Waals surface area contributed by atoms with E-state index in [1.165, 1.54) is 57.8 Å². The maximum Gasteiger partial charge on any atom is 0.288 e. The largest absolute Gasteiger partial charge is 0.494 e. The lowest BCUT2D eigenvalue weighted by molar-refractivity contribution is 0.304. The van der Waals surface area contributed by atoms with Crippen molar-refractivity contribution in [1.82, 2.24) is 24.5 Å². The van der Waals surface area contributed by atoms with Crippen LogP contribution in [-0.4, -0.2) is 37.2 Å². The summed E-state index contributed by atoms with van der Waals surface area (Å²) in [5.74, 6) is 2.00. The van der Waals surface area contributed by atoms with Crippen LogP contribution in [0.4, 0.5) is 0 Å². The lowest BCUT2D eigenvalue weighted by Gasteiger charge is -2.10. The number of hydrogen-bond acceptors (Lipinski definition) is 5. The van der Waals surface area contributed by atoms with Crippen molar-refractivity contribution in [1.29, 1.82) is 0 Å². The summed E-state index contributed by atoms with van der Waals surface area (Å²) >= 11 is -1.66. The minimum absolute atomic E-state index is 0.0212. The average molecular weight is 518 g/mol. The second kappa shape index (κ2) is 15.0. The first-order chi connectivity index (χ1) is 17.5. The molecule has 0 saturated carbocycles. The molecule has 0 bridgehead atoms. The number of aromatic amines is 1. The molecule has 0 saturated heterocycles. The molecule has 1 aromatic carbocycles. The van der Waals surface area contributed by atoms with E-state index in [4.69, 9.17) is 8.92 Å². The van der Waals surface area contributed by atoms with Crippen LogP contribution in [0.25, 0.3) is 5.65 Å². The van der Waals surface area contributed by atoms with Gasteiger partial charge < -0.3 is 8.92 Å². The van der Waals surface area contributed by atoms with Crippen LogP contribution in [0.3, 0.4) is 0 Å². The van der Waals surface area contributed by atoms with Gasteiger partial charge in [0.25, 0.3) is 11.3 Å². The summed E-state index contributed by atoms with van der Waals surface area (Å²) in [5, 5.41) is 7.65. The third-order valence-corrected chi connectivity index (χ3v) is 7.25. The zero-order chi connectivity index (χ0) is 25.8. The molecule has 2 heterocycles. The van der Waals surface area contributed by atoms with Gasteiger partial charge in [-0.3, -0.25) is 5.10 Å². The predicted molar refractivity (Wildman–Crippen MR) is 146 cm³/mol. The number of rotatable bonds is 18. The number of unbranched alkanes of at least 4 members (excludes halogenated alkanes) is 9. The molecule has 0 spiro atoms. The van der Waals surface area contributed by atoms with Crippen LogP contribution in [0.5, 0.6) is 11.5 Å². The number of H-pyrrole nitrogens is 1. The second-order valence-electron chi connectivity index (χ2n) is 9.64. The van der Waals surface area contributed by atoms with E-state index in [2.05, 4.69) is 26.8 Å². The minimum atomic E-state index is -1.66. The Kier molecular flexibility index (Phi) is 11.7. The number of hydrogen-bond donors (Lipinski definition) is 2. The monoisotopic (exact) mass is 517 g/mol. The second-order valence-corrected chi connectivity index (χ2v) is 10.6. The number of aromatic nitrogens is 4. The highest BCUT2D eigenvalue weighted by atomic mass is 32.2. The third kappa shape index (κ3) is 8.92. The number of ether oxygens (including phenoxy) is 1. The van der Waals surface area contributed by atoms with Crippen molar-refractivity contribution in [2.75, 3.05) is 13.2 Å². The summed E-state index contributed by atoms with van der Waals surface area (Å²) in [6.45, 7) is 9.41. The summed E-state index contributed by atoms with van der Waals surface area (Å²) in [7, 11) is 0. The highest BCUT2D eigenvalue weighted by Gasteiger charge is 2.16. The van der Waals surface area contributed by atoms with Gasteiger partial charge in [-0.1, -0.05) is 71.6 Å². The molecule has 2 atom stereocenters. The van der Waals surface area contributed by atoms with Gasteiger partial charge in [0.05, 0.1) is 6.61 Å². The van der Waals surface area contributed by atoms with Crippen LogP contribution in [0, 0.1) is 13.8 Å². The molecule has 200 valence electrons. The molecular weight excluding hydrogens is 474 g/mol. The van der Waals surface area contributed by atoms with Gasteiger partial charge in [-0.15, -0.1) is 5.10 Å². The van der Waals surface area contributed by atoms with E-state index >= 15 is 0 Å². The zero-order valence-corrected chi connectivity index (χ0v) is 23.2. The number of nitrogens with zero attached hydrogens (tertiary/aromatic N) is 3. The standard InChI is InChI=1S/C27H43N5O3S/c1-5-6-7-8-9-10-11-12-13-14-19-34-24-15-17-25(18-16-24)35-36(33)28-20-21(2)26-29-27-22(3)23(4)30-32(27)31-26/h15-18,21,28,30H,5-14,19-20H2,1-4H3. The van der Waals surface area contributed by atoms with Crippen LogP contribution < -0.4 is 13.6 Å². The molecule has 0 aliphatic carbocycles. The van der Waals surface area contributed by atoms with Gasteiger partial charge in [0, 0.05) is 23.7 Å². The molecular formula is C27H43N5O3S. The van der Waals surface area contributed by atoms with E-state index in [0.717, 1.165) is 35.7 Å². The van der Waals surface area contributed by atoms with Gasteiger partial charge in [0.2, 0.25) is 0 Å². The van der Waals surface area contributed by atoms with Crippen LogP contribution in [0.15, 0.2) is 24.3 Å². The Bertz CT molecular complexity index is 1060. The van der Waals surface area contributed by atoms with E-state index in [-0.39, 0.29) is 5.92 Å². The van der Waals surface area contributed by atoms with Gasteiger partial charge in [-0.05, 0) is 44.5 Å². The highest BCUT2D eigenvalue weighted by molar-refractivity contribution is 7.78. The van der Waals surface area contributed by atoms with E-state index < -0.39 is 11.3 Å². The zero-order valence-electron chi connectivity index (χ0n) is 22.3. The molecule has 2 N–H and O–H groups in total. The van der Waals surface area contributed by atoms with Crippen molar-refractivity contribution in [3.05, 3.63) is 41.3 Å². The Morgan fingerprint density at radius 3 is 2.22 bits per heavy atom. The van der Waals surface area contributed by atoms with E-state index in [1.807, 2.05) is 32.9 Å². The fourth-order valence-corrected chi connectivity index (χ4v) is 4.77. The Labute approximate surface area is 218 Å². The fraction of sp³-hybridized carbons (Fsp3) is 0.630. The van der Waals surface area contributed by atoms with Crippen molar-refractivity contribution in [2.45, 2.75) is 97.8 Å². The van der Waals surface area contributed by atoms with Gasteiger partial charge in [0.15, 0.2) is 11.5 Å².